The highest BCUT2D eigenvalue weighted by Gasteiger charge is 2.17. The second-order valence-corrected chi connectivity index (χ2v) is 8.85. The fraction of sp³-hybridized carbons (Fsp3) is 0.100. The van der Waals surface area contributed by atoms with Gasteiger partial charge in [0.2, 0.25) is 5.91 Å². The van der Waals surface area contributed by atoms with E-state index < -0.39 is 10.0 Å². The summed E-state index contributed by atoms with van der Waals surface area (Å²) in [5.41, 5.74) is 3.17. The van der Waals surface area contributed by atoms with Gasteiger partial charge in [-0.2, -0.15) is 0 Å². The Hall–Kier alpha value is -2.61. The van der Waals surface area contributed by atoms with E-state index in [9.17, 15) is 13.2 Å². The molecule has 3 rings (SSSR count). The molecule has 29 heavy (non-hydrogen) atoms. The SMILES string of the molecule is CC(=O)Nc1cncc(-c2ccc(C)c(NS(=O)(=O)c3ccc(Cl)c(Cl)c3)c2)c1. The summed E-state index contributed by atoms with van der Waals surface area (Å²) in [6.07, 6.45) is 3.17. The molecule has 0 aliphatic carbocycles. The number of nitrogens with zero attached hydrogens (tertiary/aromatic N) is 1. The molecule has 0 saturated heterocycles. The van der Waals surface area contributed by atoms with Crippen LogP contribution in [-0.4, -0.2) is 19.3 Å². The fourth-order valence-electron chi connectivity index (χ4n) is 2.63. The van der Waals surface area contributed by atoms with Crippen LogP contribution in [0.25, 0.3) is 11.1 Å². The molecule has 0 bridgehead atoms. The molecule has 0 atom stereocenters. The summed E-state index contributed by atoms with van der Waals surface area (Å²) in [7, 11) is -3.86. The van der Waals surface area contributed by atoms with Gasteiger partial charge in [-0.25, -0.2) is 8.42 Å². The number of hydrogen-bond donors (Lipinski definition) is 2. The van der Waals surface area contributed by atoms with E-state index in [2.05, 4.69) is 15.0 Å². The summed E-state index contributed by atoms with van der Waals surface area (Å²) in [4.78, 5) is 15.4. The molecule has 2 N–H and O–H groups in total. The van der Waals surface area contributed by atoms with Gasteiger partial charge >= 0.3 is 0 Å². The summed E-state index contributed by atoms with van der Waals surface area (Å²) in [6, 6.07) is 11.2. The molecule has 0 saturated carbocycles. The molecule has 0 aliphatic heterocycles. The van der Waals surface area contributed by atoms with Crippen molar-refractivity contribution in [2.45, 2.75) is 18.7 Å². The molecule has 0 unspecified atom stereocenters. The van der Waals surface area contributed by atoms with Crippen LogP contribution >= 0.6 is 23.2 Å². The number of carbonyl (C=O) groups excluding carboxylic acids is 1. The highest BCUT2D eigenvalue weighted by Crippen LogP contribution is 2.30. The molecule has 0 radical (unpaired) electrons. The van der Waals surface area contributed by atoms with Gasteiger partial charge in [0, 0.05) is 18.7 Å². The topological polar surface area (TPSA) is 88.2 Å². The largest absolute Gasteiger partial charge is 0.325 e. The van der Waals surface area contributed by atoms with Crippen molar-refractivity contribution in [3.8, 4) is 11.1 Å². The van der Waals surface area contributed by atoms with Gasteiger partial charge in [0.15, 0.2) is 0 Å². The predicted molar refractivity (Wildman–Crippen MR) is 116 cm³/mol. The van der Waals surface area contributed by atoms with Crippen molar-refractivity contribution in [1.29, 1.82) is 0 Å². The zero-order valence-electron chi connectivity index (χ0n) is 15.5. The van der Waals surface area contributed by atoms with E-state index in [1.807, 2.05) is 6.07 Å². The molecule has 1 heterocycles. The Kier molecular flexibility index (Phi) is 6.12. The lowest BCUT2D eigenvalue weighted by molar-refractivity contribution is -0.114. The Morgan fingerprint density at radius 3 is 2.41 bits per heavy atom. The molecular weight excluding hydrogens is 433 g/mol. The number of carbonyl (C=O) groups is 1. The van der Waals surface area contributed by atoms with Crippen molar-refractivity contribution in [2.24, 2.45) is 0 Å². The van der Waals surface area contributed by atoms with E-state index in [0.717, 1.165) is 16.7 Å². The van der Waals surface area contributed by atoms with Crippen LogP contribution in [0.15, 0.2) is 59.8 Å². The third-order valence-electron chi connectivity index (χ3n) is 4.08. The van der Waals surface area contributed by atoms with Crippen LogP contribution in [0.5, 0.6) is 0 Å². The fourth-order valence-corrected chi connectivity index (χ4v) is 4.14. The number of aromatic nitrogens is 1. The van der Waals surface area contributed by atoms with Gasteiger partial charge in [-0.15, -0.1) is 0 Å². The summed E-state index contributed by atoms with van der Waals surface area (Å²) < 4.78 is 28.1. The zero-order valence-corrected chi connectivity index (χ0v) is 17.9. The highest BCUT2D eigenvalue weighted by molar-refractivity contribution is 7.92. The smallest absolute Gasteiger partial charge is 0.261 e. The van der Waals surface area contributed by atoms with Gasteiger partial charge < -0.3 is 5.32 Å². The van der Waals surface area contributed by atoms with Crippen LogP contribution in [0.1, 0.15) is 12.5 Å². The van der Waals surface area contributed by atoms with Gasteiger partial charge in [-0.05, 0) is 48.4 Å². The van der Waals surface area contributed by atoms with Gasteiger partial charge in [0.25, 0.3) is 10.0 Å². The number of benzene rings is 2. The predicted octanol–water partition coefficient (Wildman–Crippen LogP) is 5.12. The summed E-state index contributed by atoms with van der Waals surface area (Å²) in [6.45, 7) is 3.21. The Bertz CT molecular complexity index is 1200. The number of hydrogen-bond acceptors (Lipinski definition) is 4. The van der Waals surface area contributed by atoms with Crippen LogP contribution in [0.4, 0.5) is 11.4 Å². The van der Waals surface area contributed by atoms with Crippen LogP contribution in [0.2, 0.25) is 10.0 Å². The third kappa shape index (κ3) is 5.06. The first-order valence-electron chi connectivity index (χ1n) is 8.47. The second-order valence-electron chi connectivity index (χ2n) is 6.35. The van der Waals surface area contributed by atoms with Crippen LogP contribution < -0.4 is 10.0 Å². The summed E-state index contributed by atoms with van der Waals surface area (Å²) in [5.74, 6) is -0.206. The van der Waals surface area contributed by atoms with E-state index in [4.69, 9.17) is 23.2 Å². The molecule has 0 fully saturated rings. The van der Waals surface area contributed by atoms with Crippen molar-refractivity contribution >= 4 is 50.5 Å². The first kappa shape index (κ1) is 21.1. The lowest BCUT2D eigenvalue weighted by Gasteiger charge is -2.13. The number of halogens is 2. The number of aryl methyl sites for hydroxylation is 1. The number of pyridine rings is 1. The number of amides is 1. The van der Waals surface area contributed by atoms with Crippen molar-refractivity contribution in [3.63, 3.8) is 0 Å². The van der Waals surface area contributed by atoms with Gasteiger partial charge in [0.1, 0.15) is 0 Å². The van der Waals surface area contributed by atoms with Crippen molar-refractivity contribution < 1.29 is 13.2 Å². The molecule has 0 aliphatic rings. The molecule has 2 aromatic carbocycles. The Morgan fingerprint density at radius 1 is 0.966 bits per heavy atom. The maximum absolute atomic E-state index is 12.8. The third-order valence-corrected chi connectivity index (χ3v) is 6.18. The van der Waals surface area contributed by atoms with E-state index >= 15 is 0 Å². The minimum absolute atomic E-state index is 0.00558. The summed E-state index contributed by atoms with van der Waals surface area (Å²) >= 11 is 11.8. The van der Waals surface area contributed by atoms with Crippen LogP contribution in [0, 0.1) is 6.92 Å². The first-order valence-corrected chi connectivity index (χ1v) is 10.7. The molecule has 1 aromatic heterocycles. The lowest BCUT2D eigenvalue weighted by Crippen LogP contribution is -2.14. The van der Waals surface area contributed by atoms with E-state index in [1.165, 1.54) is 31.3 Å². The monoisotopic (exact) mass is 449 g/mol. The Morgan fingerprint density at radius 2 is 1.72 bits per heavy atom. The molecule has 3 aromatic rings. The minimum atomic E-state index is -3.86. The standard InChI is InChI=1S/C20H17Cl2N3O3S/c1-12-3-4-14(15-7-16(11-23-10-15)24-13(2)26)8-20(12)25-29(27,28)17-5-6-18(21)19(22)9-17/h3-11,25H,1-2H3,(H,24,26). The van der Waals surface area contributed by atoms with Crippen molar-refractivity contribution in [3.05, 3.63) is 70.5 Å². The average molecular weight is 450 g/mol. The maximum atomic E-state index is 12.8. The maximum Gasteiger partial charge on any atom is 0.261 e. The molecule has 150 valence electrons. The van der Waals surface area contributed by atoms with Crippen molar-refractivity contribution in [2.75, 3.05) is 10.0 Å². The average Bonchev–Trinajstić information content (AvgIpc) is 2.65. The van der Waals surface area contributed by atoms with E-state index in [1.54, 1.807) is 31.3 Å². The molecule has 0 spiro atoms. The number of sulfonamides is 1. The second kappa shape index (κ2) is 8.41. The summed E-state index contributed by atoms with van der Waals surface area (Å²) in [5, 5.41) is 3.10. The van der Waals surface area contributed by atoms with Gasteiger partial charge in [0.05, 0.1) is 32.5 Å². The number of nitrogens with one attached hydrogen (secondary N) is 2. The molecule has 1 amide bonds. The quantitative estimate of drug-likeness (QED) is 0.565. The van der Waals surface area contributed by atoms with E-state index in [0.29, 0.717) is 11.4 Å². The van der Waals surface area contributed by atoms with Crippen molar-refractivity contribution in [1.82, 2.24) is 4.98 Å². The van der Waals surface area contributed by atoms with E-state index in [-0.39, 0.29) is 20.8 Å². The van der Waals surface area contributed by atoms with Gasteiger partial charge in [-0.3, -0.25) is 14.5 Å². The van der Waals surface area contributed by atoms with Crippen LogP contribution in [-0.2, 0) is 14.8 Å². The normalized spacial score (nSPS) is 11.2. The van der Waals surface area contributed by atoms with Gasteiger partial charge in [-0.1, -0.05) is 35.3 Å². The lowest BCUT2D eigenvalue weighted by atomic mass is 10.0. The number of rotatable bonds is 5. The Labute approximate surface area is 178 Å². The highest BCUT2D eigenvalue weighted by atomic mass is 35.5. The molecule has 9 heteroatoms. The Balaban J connectivity index is 1.95. The first-order chi connectivity index (χ1) is 13.7. The minimum Gasteiger partial charge on any atom is -0.325 e. The molecular formula is C20H17Cl2N3O3S. The number of anilines is 2. The van der Waals surface area contributed by atoms with Crippen LogP contribution in [0.3, 0.4) is 0 Å². The zero-order chi connectivity index (χ0) is 21.2. The molecule has 6 nitrogen and oxygen atoms in total.